The molecule has 2 aliphatic rings. The van der Waals surface area contributed by atoms with Gasteiger partial charge < -0.3 is 5.32 Å². The maximum atomic E-state index is 4.58. The van der Waals surface area contributed by atoms with Crippen LogP contribution in [0.25, 0.3) is 0 Å². The first-order chi connectivity index (χ1) is 8.33. The maximum Gasteiger partial charge on any atom is 0.202 e. The van der Waals surface area contributed by atoms with E-state index in [0.717, 1.165) is 29.3 Å². The van der Waals surface area contributed by atoms with E-state index in [1.54, 1.807) is 0 Å². The van der Waals surface area contributed by atoms with Crippen molar-refractivity contribution in [3.05, 3.63) is 5.82 Å². The Bertz CT molecular complexity index is 372. The molecule has 94 valence electrons. The van der Waals surface area contributed by atoms with Crippen LogP contribution in [0, 0.1) is 11.8 Å². The summed E-state index contributed by atoms with van der Waals surface area (Å²) in [5.74, 6) is 3.45. The van der Waals surface area contributed by atoms with Gasteiger partial charge in [0.25, 0.3) is 0 Å². The lowest BCUT2D eigenvalue weighted by Gasteiger charge is -2.28. The van der Waals surface area contributed by atoms with Crippen LogP contribution >= 0.6 is 11.5 Å². The highest BCUT2D eigenvalue weighted by Crippen LogP contribution is 2.39. The van der Waals surface area contributed by atoms with Crippen molar-refractivity contribution in [1.82, 2.24) is 9.36 Å². The van der Waals surface area contributed by atoms with Crippen molar-refractivity contribution < 1.29 is 0 Å². The first-order valence-electron chi connectivity index (χ1n) is 6.90. The van der Waals surface area contributed by atoms with Gasteiger partial charge in [-0.3, -0.25) is 0 Å². The van der Waals surface area contributed by atoms with Crippen LogP contribution < -0.4 is 5.32 Å². The molecule has 1 N–H and O–H groups in total. The third kappa shape index (κ3) is 2.79. The summed E-state index contributed by atoms with van der Waals surface area (Å²) >= 11 is 1.54. The number of nitrogens with one attached hydrogen (secondary N) is 1. The quantitative estimate of drug-likeness (QED) is 0.887. The fourth-order valence-electron chi connectivity index (χ4n) is 2.73. The van der Waals surface area contributed by atoms with Crippen LogP contribution in [0.3, 0.4) is 0 Å². The molecule has 2 saturated carbocycles. The molecule has 0 aromatic carbocycles. The monoisotopic (exact) mass is 251 g/mol. The molecule has 2 atom stereocenters. The highest BCUT2D eigenvalue weighted by molar-refractivity contribution is 7.09. The van der Waals surface area contributed by atoms with E-state index in [4.69, 9.17) is 0 Å². The van der Waals surface area contributed by atoms with Crippen molar-refractivity contribution in [2.45, 2.75) is 51.4 Å². The van der Waals surface area contributed by atoms with Gasteiger partial charge in [0.15, 0.2) is 0 Å². The second-order valence-corrected chi connectivity index (χ2v) is 6.39. The van der Waals surface area contributed by atoms with Crippen molar-refractivity contribution >= 4 is 16.7 Å². The molecule has 1 aromatic heterocycles. The summed E-state index contributed by atoms with van der Waals surface area (Å²) in [4.78, 5) is 4.58. The Morgan fingerprint density at radius 2 is 2.06 bits per heavy atom. The lowest BCUT2D eigenvalue weighted by molar-refractivity contribution is 0.268. The summed E-state index contributed by atoms with van der Waals surface area (Å²) in [5, 5.41) is 4.52. The molecule has 4 heteroatoms. The van der Waals surface area contributed by atoms with Crippen LogP contribution in [0.15, 0.2) is 0 Å². The van der Waals surface area contributed by atoms with Gasteiger partial charge in [-0.1, -0.05) is 26.2 Å². The highest BCUT2D eigenvalue weighted by atomic mass is 32.1. The Morgan fingerprint density at radius 3 is 2.82 bits per heavy atom. The Kier molecular flexibility index (Phi) is 3.32. The predicted octanol–water partition coefficient (Wildman–Crippen LogP) is 3.65. The summed E-state index contributed by atoms with van der Waals surface area (Å²) in [7, 11) is 0. The largest absolute Gasteiger partial charge is 0.360 e. The first kappa shape index (κ1) is 11.5. The lowest BCUT2D eigenvalue weighted by Crippen LogP contribution is -2.24. The molecule has 0 aliphatic heterocycles. The summed E-state index contributed by atoms with van der Waals surface area (Å²) in [6.45, 7) is 3.47. The minimum atomic E-state index is 0.676. The molecule has 1 aromatic rings. The van der Waals surface area contributed by atoms with Crippen LogP contribution in [0.5, 0.6) is 0 Å². The van der Waals surface area contributed by atoms with E-state index >= 15 is 0 Å². The van der Waals surface area contributed by atoms with Gasteiger partial charge in [0.1, 0.15) is 5.82 Å². The van der Waals surface area contributed by atoms with E-state index < -0.39 is 0 Å². The van der Waals surface area contributed by atoms with Crippen molar-refractivity contribution in [2.75, 3.05) is 11.9 Å². The molecule has 17 heavy (non-hydrogen) atoms. The Morgan fingerprint density at radius 1 is 1.24 bits per heavy atom. The molecule has 2 fully saturated rings. The molecule has 0 spiro atoms. The lowest BCUT2D eigenvalue weighted by atomic mass is 9.80. The smallest absolute Gasteiger partial charge is 0.202 e. The van der Waals surface area contributed by atoms with Gasteiger partial charge in [0.2, 0.25) is 5.13 Å². The average molecular weight is 251 g/mol. The summed E-state index contributed by atoms with van der Waals surface area (Å²) < 4.78 is 4.43. The van der Waals surface area contributed by atoms with E-state index in [1.807, 2.05) is 0 Å². The summed E-state index contributed by atoms with van der Waals surface area (Å²) in [6.07, 6.45) is 8.17. The molecule has 2 unspecified atom stereocenters. The molecule has 1 heterocycles. The van der Waals surface area contributed by atoms with Gasteiger partial charge in [-0.2, -0.15) is 4.37 Å². The standard InChI is InChI=1S/C13H21N3S/c1-9-4-2-3-5-11(9)8-14-13-15-12(16-17-13)10-6-7-10/h9-11H,2-8H2,1H3,(H,14,15,16). The number of rotatable bonds is 4. The van der Waals surface area contributed by atoms with Crippen LogP contribution in [0.2, 0.25) is 0 Å². The Labute approximate surface area is 107 Å². The number of nitrogens with zero attached hydrogens (tertiary/aromatic N) is 2. The van der Waals surface area contributed by atoms with E-state index in [1.165, 1.54) is 50.1 Å². The zero-order valence-corrected chi connectivity index (χ0v) is 11.3. The van der Waals surface area contributed by atoms with Gasteiger partial charge >= 0.3 is 0 Å². The number of anilines is 1. The van der Waals surface area contributed by atoms with Crippen molar-refractivity contribution in [1.29, 1.82) is 0 Å². The second-order valence-electron chi connectivity index (χ2n) is 5.63. The number of hydrogen-bond acceptors (Lipinski definition) is 4. The van der Waals surface area contributed by atoms with Crippen LogP contribution in [0.1, 0.15) is 57.2 Å². The molecular weight excluding hydrogens is 230 g/mol. The zero-order valence-electron chi connectivity index (χ0n) is 10.5. The minimum Gasteiger partial charge on any atom is -0.360 e. The molecule has 2 aliphatic carbocycles. The van der Waals surface area contributed by atoms with Crippen LogP contribution in [0.4, 0.5) is 5.13 Å². The molecule has 3 nitrogen and oxygen atoms in total. The van der Waals surface area contributed by atoms with Gasteiger partial charge in [-0.25, -0.2) is 4.98 Å². The van der Waals surface area contributed by atoms with E-state index in [9.17, 15) is 0 Å². The van der Waals surface area contributed by atoms with E-state index in [2.05, 4.69) is 21.6 Å². The fraction of sp³-hybridized carbons (Fsp3) is 0.846. The van der Waals surface area contributed by atoms with E-state index in [0.29, 0.717) is 5.92 Å². The molecule has 0 amide bonds. The van der Waals surface area contributed by atoms with Crippen molar-refractivity contribution in [3.8, 4) is 0 Å². The fourth-order valence-corrected chi connectivity index (χ4v) is 3.38. The molecule has 0 saturated heterocycles. The normalized spacial score (nSPS) is 29.2. The topological polar surface area (TPSA) is 37.8 Å². The number of aromatic nitrogens is 2. The number of hydrogen-bond donors (Lipinski definition) is 1. The third-order valence-corrected chi connectivity index (χ3v) is 4.88. The van der Waals surface area contributed by atoms with Gasteiger partial charge in [-0.05, 0) is 31.1 Å². The predicted molar refractivity (Wildman–Crippen MR) is 71.5 cm³/mol. The third-order valence-electron chi connectivity index (χ3n) is 4.19. The van der Waals surface area contributed by atoms with Gasteiger partial charge in [-0.15, -0.1) is 0 Å². The Balaban J connectivity index is 1.51. The summed E-state index contributed by atoms with van der Waals surface area (Å²) in [5.41, 5.74) is 0. The van der Waals surface area contributed by atoms with Crippen LogP contribution in [-0.2, 0) is 0 Å². The van der Waals surface area contributed by atoms with Crippen molar-refractivity contribution in [3.63, 3.8) is 0 Å². The van der Waals surface area contributed by atoms with Crippen molar-refractivity contribution in [2.24, 2.45) is 11.8 Å². The SMILES string of the molecule is CC1CCCCC1CNc1nc(C2CC2)ns1. The van der Waals surface area contributed by atoms with Gasteiger partial charge in [0, 0.05) is 24.0 Å². The maximum absolute atomic E-state index is 4.58. The van der Waals surface area contributed by atoms with Gasteiger partial charge in [0.05, 0.1) is 0 Å². The Hall–Kier alpha value is -0.640. The van der Waals surface area contributed by atoms with Crippen LogP contribution in [-0.4, -0.2) is 15.9 Å². The molecule has 0 bridgehead atoms. The van der Waals surface area contributed by atoms with E-state index in [-0.39, 0.29) is 0 Å². The molecular formula is C13H21N3S. The highest BCUT2D eigenvalue weighted by Gasteiger charge is 2.28. The zero-order chi connectivity index (χ0) is 11.7. The average Bonchev–Trinajstić information content (AvgIpc) is 3.08. The summed E-state index contributed by atoms with van der Waals surface area (Å²) in [6, 6.07) is 0. The second kappa shape index (κ2) is 4.92. The molecule has 0 radical (unpaired) electrons. The molecule has 3 rings (SSSR count). The first-order valence-corrected chi connectivity index (χ1v) is 7.68. The minimum absolute atomic E-state index is 0.676.